The van der Waals surface area contributed by atoms with Gasteiger partial charge in [-0.3, -0.25) is 0 Å². The van der Waals surface area contributed by atoms with Gasteiger partial charge in [0, 0.05) is 0 Å². The Bertz CT molecular complexity index is 180. The van der Waals surface area contributed by atoms with E-state index < -0.39 is 8.32 Å². The van der Waals surface area contributed by atoms with E-state index >= 15 is 0 Å². The smallest absolute Gasteiger partial charge is 0.263 e. The van der Waals surface area contributed by atoms with Gasteiger partial charge in [0.2, 0.25) is 0 Å². The standard InChI is InChI=1S/C18H39BOSi/c1-4-7-10-13-16-21(20-19,17-14-11-8-5-2)18-15-12-9-6-3/h4-18H2,1-3H3. The highest BCUT2D eigenvalue weighted by Gasteiger charge is 2.31. The SMILES string of the molecule is [B]O[Si](CCCCCC)(CCCCCC)CCCCCC. The lowest BCUT2D eigenvalue weighted by Crippen LogP contribution is -2.37. The van der Waals surface area contributed by atoms with Gasteiger partial charge in [-0.15, -0.1) is 0 Å². The number of unbranched alkanes of at least 4 members (excludes halogenated alkanes) is 9. The first kappa shape index (κ1) is 21.2. The zero-order valence-electron chi connectivity index (χ0n) is 15.1. The van der Waals surface area contributed by atoms with Gasteiger partial charge in [0.05, 0.1) is 0 Å². The fourth-order valence-electron chi connectivity index (χ4n) is 3.17. The lowest BCUT2D eigenvalue weighted by molar-refractivity contribution is 0.540. The van der Waals surface area contributed by atoms with Gasteiger partial charge in [-0.05, 0) is 18.1 Å². The van der Waals surface area contributed by atoms with Crippen molar-refractivity contribution in [1.29, 1.82) is 0 Å². The highest BCUT2D eigenvalue weighted by atomic mass is 28.4. The highest BCUT2D eigenvalue weighted by Crippen LogP contribution is 2.30. The van der Waals surface area contributed by atoms with E-state index in [9.17, 15) is 0 Å². The first-order valence-corrected chi connectivity index (χ1v) is 12.2. The molecule has 124 valence electrons. The van der Waals surface area contributed by atoms with Gasteiger partial charge >= 0.3 is 0 Å². The molecule has 2 radical (unpaired) electrons. The summed E-state index contributed by atoms with van der Waals surface area (Å²) in [7, 11) is 4.17. The van der Waals surface area contributed by atoms with Crippen molar-refractivity contribution in [3.05, 3.63) is 0 Å². The molecular formula is C18H39BOSi. The van der Waals surface area contributed by atoms with Crippen molar-refractivity contribution in [1.82, 2.24) is 0 Å². The van der Waals surface area contributed by atoms with E-state index in [-0.39, 0.29) is 0 Å². The average Bonchev–Trinajstić information content (AvgIpc) is 2.51. The summed E-state index contributed by atoms with van der Waals surface area (Å²) in [5.74, 6) is 0. The largest absolute Gasteiger partial charge is 0.484 e. The van der Waals surface area contributed by atoms with Gasteiger partial charge in [0.25, 0.3) is 8.05 Å². The molecule has 0 aliphatic heterocycles. The molecule has 1 nitrogen and oxygen atoms in total. The molecule has 0 bridgehead atoms. The van der Waals surface area contributed by atoms with Gasteiger partial charge in [-0.2, -0.15) is 0 Å². The van der Waals surface area contributed by atoms with Crippen LogP contribution in [0, 0.1) is 0 Å². The summed E-state index contributed by atoms with van der Waals surface area (Å²) in [5.41, 5.74) is 0. The molecule has 0 aromatic carbocycles. The van der Waals surface area contributed by atoms with Crippen LogP contribution in [0.5, 0.6) is 0 Å². The molecule has 0 atom stereocenters. The van der Waals surface area contributed by atoms with E-state index in [2.05, 4.69) is 20.8 Å². The number of hydrogen-bond donors (Lipinski definition) is 0. The summed E-state index contributed by atoms with van der Waals surface area (Å²) >= 11 is 0. The van der Waals surface area contributed by atoms with Crippen molar-refractivity contribution in [2.75, 3.05) is 0 Å². The van der Waals surface area contributed by atoms with Crippen LogP contribution in [0.15, 0.2) is 0 Å². The second-order valence-corrected chi connectivity index (χ2v) is 10.8. The molecule has 0 aromatic rings. The molecule has 21 heavy (non-hydrogen) atoms. The molecule has 0 amide bonds. The van der Waals surface area contributed by atoms with Crippen molar-refractivity contribution < 1.29 is 4.34 Å². The minimum atomic E-state index is -1.64. The fourth-order valence-corrected chi connectivity index (χ4v) is 6.96. The van der Waals surface area contributed by atoms with Gasteiger partial charge in [-0.1, -0.05) is 97.8 Å². The summed E-state index contributed by atoms with van der Waals surface area (Å²) in [6.45, 7) is 6.83. The van der Waals surface area contributed by atoms with Crippen molar-refractivity contribution >= 4 is 16.4 Å². The van der Waals surface area contributed by atoms with Gasteiger partial charge in [0.1, 0.15) is 0 Å². The lowest BCUT2D eigenvalue weighted by Gasteiger charge is -2.31. The fraction of sp³-hybridized carbons (Fsp3) is 1.00. The molecule has 0 unspecified atom stereocenters. The normalized spacial score (nSPS) is 12.0. The Morgan fingerprint density at radius 2 is 0.905 bits per heavy atom. The van der Waals surface area contributed by atoms with Crippen LogP contribution in [-0.2, 0) is 4.34 Å². The van der Waals surface area contributed by atoms with Crippen molar-refractivity contribution in [3.8, 4) is 0 Å². The van der Waals surface area contributed by atoms with E-state index in [1.54, 1.807) is 0 Å². The molecule has 0 fully saturated rings. The third kappa shape index (κ3) is 11.5. The van der Waals surface area contributed by atoms with Gasteiger partial charge in [-0.25, -0.2) is 0 Å². The van der Waals surface area contributed by atoms with Gasteiger partial charge in [0.15, 0.2) is 8.32 Å². The molecular weight excluding hydrogens is 271 g/mol. The van der Waals surface area contributed by atoms with Crippen molar-refractivity contribution in [2.45, 2.75) is 116 Å². The van der Waals surface area contributed by atoms with Crippen LogP contribution < -0.4 is 0 Å². The Morgan fingerprint density at radius 3 is 1.14 bits per heavy atom. The second-order valence-electron chi connectivity index (χ2n) is 6.73. The summed E-state index contributed by atoms with van der Waals surface area (Å²) in [5, 5.41) is 0. The summed E-state index contributed by atoms with van der Waals surface area (Å²) in [6, 6.07) is 3.88. The van der Waals surface area contributed by atoms with Crippen LogP contribution in [0.4, 0.5) is 0 Å². The van der Waals surface area contributed by atoms with Crippen molar-refractivity contribution in [3.63, 3.8) is 0 Å². The predicted molar refractivity (Wildman–Crippen MR) is 99.4 cm³/mol. The van der Waals surface area contributed by atoms with E-state index in [1.165, 1.54) is 95.2 Å². The van der Waals surface area contributed by atoms with E-state index in [0.29, 0.717) is 0 Å². The van der Waals surface area contributed by atoms with Crippen LogP contribution in [0.3, 0.4) is 0 Å². The van der Waals surface area contributed by atoms with Crippen molar-refractivity contribution in [2.24, 2.45) is 0 Å². The summed E-state index contributed by atoms with van der Waals surface area (Å²) < 4.78 is 5.72. The number of rotatable bonds is 16. The minimum absolute atomic E-state index is 1.29. The van der Waals surface area contributed by atoms with E-state index in [1.807, 2.05) is 0 Å². The Labute approximate surface area is 137 Å². The number of hydrogen-bond acceptors (Lipinski definition) is 1. The molecule has 0 N–H and O–H groups in total. The first-order valence-electron chi connectivity index (χ1n) is 9.62. The minimum Gasteiger partial charge on any atom is -0.484 e. The predicted octanol–water partition coefficient (Wildman–Crippen LogP) is 6.77. The zero-order chi connectivity index (χ0) is 15.8. The van der Waals surface area contributed by atoms with Crippen LogP contribution >= 0.6 is 0 Å². The van der Waals surface area contributed by atoms with Crippen LogP contribution in [0.25, 0.3) is 0 Å². The van der Waals surface area contributed by atoms with Crippen LogP contribution in [-0.4, -0.2) is 16.4 Å². The molecule has 0 aromatic heterocycles. The van der Waals surface area contributed by atoms with Gasteiger partial charge < -0.3 is 4.34 Å². The Kier molecular flexibility index (Phi) is 15.3. The van der Waals surface area contributed by atoms with E-state index in [4.69, 9.17) is 12.4 Å². The molecule has 0 saturated heterocycles. The Morgan fingerprint density at radius 1 is 0.571 bits per heavy atom. The molecule has 0 saturated carbocycles. The maximum atomic E-state index is 5.81. The summed E-state index contributed by atoms with van der Waals surface area (Å²) in [6.07, 6.45) is 16.1. The maximum Gasteiger partial charge on any atom is 0.263 e. The molecule has 0 heterocycles. The third-order valence-electron chi connectivity index (χ3n) is 4.71. The zero-order valence-corrected chi connectivity index (χ0v) is 16.1. The quantitative estimate of drug-likeness (QED) is 0.226. The molecule has 0 aliphatic carbocycles. The maximum absolute atomic E-state index is 5.81. The van der Waals surface area contributed by atoms with Crippen LogP contribution in [0.2, 0.25) is 18.1 Å². The third-order valence-corrected chi connectivity index (χ3v) is 9.00. The van der Waals surface area contributed by atoms with Crippen LogP contribution in [0.1, 0.15) is 97.8 Å². The topological polar surface area (TPSA) is 9.23 Å². The Hall–Kier alpha value is 0.242. The highest BCUT2D eigenvalue weighted by molar-refractivity contribution is 6.76. The lowest BCUT2D eigenvalue weighted by atomic mass is 10.2. The average molecular weight is 310 g/mol. The molecule has 0 spiro atoms. The second kappa shape index (κ2) is 15.1. The molecule has 0 rings (SSSR count). The van der Waals surface area contributed by atoms with E-state index in [0.717, 1.165) is 0 Å². The monoisotopic (exact) mass is 310 g/mol. The molecule has 0 aliphatic rings. The summed E-state index contributed by atoms with van der Waals surface area (Å²) in [4.78, 5) is 0. The first-order chi connectivity index (χ1) is 10.2. The Balaban J connectivity index is 4.22. The molecule has 3 heteroatoms.